The van der Waals surface area contributed by atoms with Gasteiger partial charge in [0.1, 0.15) is 0 Å². The van der Waals surface area contributed by atoms with Crippen LogP contribution in [0, 0.1) is 0 Å². The summed E-state index contributed by atoms with van der Waals surface area (Å²) in [7, 11) is 0. The van der Waals surface area contributed by atoms with Crippen LogP contribution in [0.1, 0.15) is 24.5 Å². The Morgan fingerprint density at radius 1 is 1.17 bits per heavy atom. The molecule has 1 heterocycles. The third kappa shape index (κ3) is 2.14. The number of aromatic nitrogens is 1. The summed E-state index contributed by atoms with van der Waals surface area (Å²) in [5.41, 5.74) is 4.96. The zero-order valence-electron chi connectivity index (χ0n) is 12.8. The van der Waals surface area contributed by atoms with E-state index in [0.29, 0.717) is 11.8 Å². The van der Waals surface area contributed by atoms with Gasteiger partial charge in [-0.05, 0) is 34.7 Å². The highest BCUT2D eigenvalue weighted by molar-refractivity contribution is 5.97. The molecule has 2 aromatic carbocycles. The Morgan fingerprint density at radius 3 is 2.83 bits per heavy atom. The Balaban J connectivity index is 1.94. The summed E-state index contributed by atoms with van der Waals surface area (Å²) in [6.45, 7) is 1.81. The molecule has 0 unspecified atom stereocenters. The van der Waals surface area contributed by atoms with Crippen molar-refractivity contribution in [3.8, 4) is 11.3 Å². The maximum Gasteiger partial charge on any atom is 0.256 e. The fraction of sp³-hybridized carbons (Fsp3) is 0.158. The van der Waals surface area contributed by atoms with Gasteiger partial charge in [0, 0.05) is 29.5 Å². The van der Waals surface area contributed by atoms with E-state index in [0.717, 1.165) is 34.3 Å². The van der Waals surface area contributed by atoms with E-state index in [1.807, 2.05) is 31.2 Å². The molecule has 4 rings (SSSR count). The molecule has 1 amide bonds. The van der Waals surface area contributed by atoms with Gasteiger partial charge in [-0.25, -0.2) is 0 Å². The molecule has 3 aromatic rings. The van der Waals surface area contributed by atoms with Crippen molar-refractivity contribution in [2.75, 3.05) is 5.32 Å². The lowest BCUT2D eigenvalue weighted by Gasteiger charge is -2.09. The van der Waals surface area contributed by atoms with Gasteiger partial charge < -0.3 is 10.3 Å². The smallest absolute Gasteiger partial charge is 0.256 e. The van der Waals surface area contributed by atoms with Gasteiger partial charge in [0.15, 0.2) is 0 Å². The first kappa shape index (κ1) is 13.8. The molecule has 0 saturated heterocycles. The predicted molar refractivity (Wildman–Crippen MR) is 91.7 cm³/mol. The fourth-order valence-electron chi connectivity index (χ4n) is 3.23. The van der Waals surface area contributed by atoms with Gasteiger partial charge in [-0.2, -0.15) is 0 Å². The van der Waals surface area contributed by atoms with Crippen LogP contribution in [0.2, 0.25) is 0 Å². The molecule has 1 aliphatic rings. The maximum absolute atomic E-state index is 12.4. The first-order valence-corrected chi connectivity index (χ1v) is 7.74. The van der Waals surface area contributed by atoms with Gasteiger partial charge in [-0.1, -0.05) is 31.2 Å². The molecule has 114 valence electrons. The average molecular weight is 304 g/mol. The molecule has 0 saturated carbocycles. The Labute approximate surface area is 133 Å². The lowest BCUT2D eigenvalue weighted by molar-refractivity contribution is -0.115. The molecule has 0 atom stereocenters. The molecule has 0 aliphatic heterocycles. The maximum atomic E-state index is 12.4. The summed E-state index contributed by atoms with van der Waals surface area (Å²) in [4.78, 5) is 27.0. The zero-order valence-corrected chi connectivity index (χ0v) is 12.8. The van der Waals surface area contributed by atoms with Crippen LogP contribution >= 0.6 is 0 Å². The molecule has 0 bridgehead atoms. The number of benzene rings is 2. The first-order chi connectivity index (χ1) is 11.2. The second-order valence-corrected chi connectivity index (χ2v) is 5.80. The third-order valence-corrected chi connectivity index (χ3v) is 4.39. The monoisotopic (exact) mass is 304 g/mol. The molecule has 4 nitrogen and oxygen atoms in total. The van der Waals surface area contributed by atoms with Crippen LogP contribution in [0.5, 0.6) is 0 Å². The first-order valence-electron chi connectivity index (χ1n) is 7.74. The number of hydrogen-bond acceptors (Lipinski definition) is 2. The summed E-state index contributed by atoms with van der Waals surface area (Å²) < 4.78 is 0. The molecule has 1 aromatic heterocycles. The number of carbonyl (C=O) groups is 1. The van der Waals surface area contributed by atoms with Crippen molar-refractivity contribution in [1.29, 1.82) is 0 Å². The SMILES string of the molecule is CCC(=O)Nc1ccc2c(=O)[nH]c3c(c2c1)Cc1ccccc1-3. The van der Waals surface area contributed by atoms with Gasteiger partial charge in [0.25, 0.3) is 5.56 Å². The van der Waals surface area contributed by atoms with Crippen molar-refractivity contribution in [3.05, 3.63) is 63.9 Å². The minimum Gasteiger partial charge on any atom is -0.326 e. The summed E-state index contributed by atoms with van der Waals surface area (Å²) in [6, 6.07) is 13.6. The molecule has 0 fully saturated rings. The molecule has 1 aliphatic carbocycles. The average Bonchev–Trinajstić information content (AvgIpc) is 2.94. The quantitative estimate of drug-likeness (QED) is 0.596. The molecular weight excluding hydrogens is 288 g/mol. The highest BCUT2D eigenvalue weighted by Gasteiger charge is 2.22. The zero-order chi connectivity index (χ0) is 16.0. The van der Waals surface area contributed by atoms with Crippen LogP contribution in [-0.2, 0) is 11.2 Å². The van der Waals surface area contributed by atoms with E-state index in [-0.39, 0.29) is 11.5 Å². The van der Waals surface area contributed by atoms with E-state index >= 15 is 0 Å². The number of anilines is 1. The molecule has 4 heteroatoms. The summed E-state index contributed by atoms with van der Waals surface area (Å²) in [5.74, 6) is -0.0332. The Kier molecular flexibility index (Phi) is 3.05. The molecular formula is C19H16N2O2. The minimum absolute atomic E-state index is 0.0332. The van der Waals surface area contributed by atoms with E-state index in [1.165, 1.54) is 5.56 Å². The Hall–Kier alpha value is -2.88. The van der Waals surface area contributed by atoms with Crippen LogP contribution in [0.3, 0.4) is 0 Å². The minimum atomic E-state index is -0.0937. The van der Waals surface area contributed by atoms with E-state index in [1.54, 1.807) is 12.1 Å². The Morgan fingerprint density at radius 2 is 2.00 bits per heavy atom. The van der Waals surface area contributed by atoms with Gasteiger partial charge in [0.05, 0.1) is 5.69 Å². The summed E-state index contributed by atoms with van der Waals surface area (Å²) >= 11 is 0. The molecule has 0 spiro atoms. The van der Waals surface area contributed by atoms with Crippen molar-refractivity contribution in [1.82, 2.24) is 4.98 Å². The van der Waals surface area contributed by atoms with Crippen LogP contribution in [-0.4, -0.2) is 10.9 Å². The number of H-pyrrole nitrogens is 1. The van der Waals surface area contributed by atoms with Gasteiger partial charge in [-0.15, -0.1) is 0 Å². The number of aromatic amines is 1. The number of rotatable bonds is 2. The normalized spacial score (nSPS) is 12.0. The van der Waals surface area contributed by atoms with Crippen LogP contribution in [0.25, 0.3) is 22.0 Å². The van der Waals surface area contributed by atoms with Gasteiger partial charge in [0.2, 0.25) is 5.91 Å². The van der Waals surface area contributed by atoms with Crippen molar-refractivity contribution in [3.63, 3.8) is 0 Å². The van der Waals surface area contributed by atoms with Crippen LogP contribution in [0.4, 0.5) is 5.69 Å². The van der Waals surface area contributed by atoms with E-state index in [9.17, 15) is 9.59 Å². The van der Waals surface area contributed by atoms with Crippen LogP contribution < -0.4 is 10.9 Å². The molecule has 0 radical (unpaired) electrons. The number of carbonyl (C=O) groups excluding carboxylic acids is 1. The van der Waals surface area contributed by atoms with Gasteiger partial charge >= 0.3 is 0 Å². The Bertz CT molecular complexity index is 1000. The molecule has 2 N–H and O–H groups in total. The number of hydrogen-bond donors (Lipinski definition) is 2. The largest absolute Gasteiger partial charge is 0.326 e. The number of amides is 1. The van der Waals surface area contributed by atoms with Crippen molar-refractivity contribution in [2.24, 2.45) is 0 Å². The second-order valence-electron chi connectivity index (χ2n) is 5.80. The summed E-state index contributed by atoms with van der Waals surface area (Å²) in [5, 5.41) is 4.43. The number of fused-ring (bicyclic) bond motifs is 5. The fourth-order valence-corrected chi connectivity index (χ4v) is 3.23. The topological polar surface area (TPSA) is 62.0 Å². The molecule has 23 heavy (non-hydrogen) atoms. The highest BCUT2D eigenvalue weighted by Crippen LogP contribution is 2.38. The number of nitrogens with one attached hydrogen (secondary N) is 2. The van der Waals surface area contributed by atoms with E-state index in [4.69, 9.17) is 0 Å². The van der Waals surface area contributed by atoms with E-state index in [2.05, 4.69) is 16.4 Å². The predicted octanol–water partition coefficient (Wildman–Crippen LogP) is 3.45. The third-order valence-electron chi connectivity index (χ3n) is 4.39. The second kappa shape index (κ2) is 5.09. The lowest BCUT2D eigenvalue weighted by atomic mass is 10.0. The summed E-state index contributed by atoms with van der Waals surface area (Å²) in [6.07, 6.45) is 1.22. The van der Waals surface area contributed by atoms with Crippen molar-refractivity contribution < 1.29 is 4.79 Å². The van der Waals surface area contributed by atoms with Crippen molar-refractivity contribution >= 4 is 22.4 Å². The highest BCUT2D eigenvalue weighted by atomic mass is 16.1. The number of pyridine rings is 1. The van der Waals surface area contributed by atoms with Crippen molar-refractivity contribution in [2.45, 2.75) is 19.8 Å². The van der Waals surface area contributed by atoms with E-state index < -0.39 is 0 Å². The standard InChI is InChI=1S/C19H16N2O2/c1-2-17(22)20-12-7-8-14-15(10-12)16-9-11-5-3-4-6-13(11)18(16)21-19(14)23/h3-8,10H,2,9H2,1H3,(H,20,22)(H,21,23). The lowest BCUT2D eigenvalue weighted by Crippen LogP contribution is -2.11. The van der Waals surface area contributed by atoms with Gasteiger partial charge in [-0.3, -0.25) is 9.59 Å². The van der Waals surface area contributed by atoms with Crippen LogP contribution in [0.15, 0.2) is 47.3 Å².